The molecule has 2 N–H and O–H groups in total. The first kappa shape index (κ1) is 19.6. The van der Waals surface area contributed by atoms with E-state index >= 15 is 0 Å². The third-order valence-electron chi connectivity index (χ3n) is 5.76. The van der Waals surface area contributed by atoms with Crippen LogP contribution in [0.4, 0.5) is 0 Å². The minimum Gasteiger partial charge on any atom is -0.493 e. The van der Waals surface area contributed by atoms with Crippen LogP contribution in [-0.2, 0) is 0 Å². The van der Waals surface area contributed by atoms with E-state index in [4.69, 9.17) is 15.2 Å². The van der Waals surface area contributed by atoms with Gasteiger partial charge in [0.15, 0.2) is 17.3 Å². The van der Waals surface area contributed by atoms with Gasteiger partial charge in [0.05, 0.1) is 30.9 Å². The van der Waals surface area contributed by atoms with E-state index < -0.39 is 5.91 Å². The SMILES string of the molecule is COc1ccc2c3c(n(-c4ccc(C(N)=O)cc4)c(=O)c2c1OC)-c1ccccc1C3=O. The normalized spacial score (nSPS) is 11.9. The molecule has 0 atom stereocenters. The summed E-state index contributed by atoms with van der Waals surface area (Å²) in [5.41, 5.74) is 7.91. The fraction of sp³-hybridized carbons (Fsp3) is 0.0800. The van der Waals surface area contributed by atoms with Gasteiger partial charge < -0.3 is 15.2 Å². The van der Waals surface area contributed by atoms with Gasteiger partial charge in [0, 0.05) is 27.8 Å². The topological polar surface area (TPSA) is 101 Å². The molecular formula is C25H18N2O5. The number of fused-ring (bicyclic) bond motifs is 5. The largest absolute Gasteiger partial charge is 0.493 e. The molecule has 0 unspecified atom stereocenters. The van der Waals surface area contributed by atoms with Gasteiger partial charge >= 0.3 is 0 Å². The number of ether oxygens (including phenoxy) is 2. The third kappa shape index (κ3) is 2.58. The van der Waals surface area contributed by atoms with Gasteiger partial charge in [-0.05, 0) is 36.4 Å². The molecule has 1 aliphatic rings. The molecule has 7 heteroatoms. The number of hydrogen-bond acceptors (Lipinski definition) is 5. The fourth-order valence-corrected chi connectivity index (χ4v) is 4.33. The highest BCUT2D eigenvalue weighted by molar-refractivity contribution is 6.27. The summed E-state index contributed by atoms with van der Waals surface area (Å²) in [6.07, 6.45) is 0. The molecule has 0 radical (unpaired) electrons. The molecule has 5 rings (SSSR count). The molecule has 0 bridgehead atoms. The van der Waals surface area contributed by atoms with E-state index in [9.17, 15) is 14.4 Å². The number of carbonyl (C=O) groups is 2. The van der Waals surface area contributed by atoms with Crippen LogP contribution in [0, 0.1) is 0 Å². The summed E-state index contributed by atoms with van der Waals surface area (Å²) < 4.78 is 12.4. The van der Waals surface area contributed by atoms with Gasteiger partial charge in [0.2, 0.25) is 5.91 Å². The maximum atomic E-state index is 13.9. The molecule has 1 aliphatic carbocycles. The van der Waals surface area contributed by atoms with Crippen molar-refractivity contribution in [3.05, 3.63) is 87.7 Å². The molecule has 4 aromatic rings. The number of aromatic nitrogens is 1. The molecule has 0 aliphatic heterocycles. The second kappa shape index (κ2) is 7.09. The van der Waals surface area contributed by atoms with Crippen LogP contribution in [0.15, 0.2) is 65.5 Å². The Morgan fingerprint density at radius 2 is 1.56 bits per heavy atom. The van der Waals surface area contributed by atoms with Crippen molar-refractivity contribution in [1.29, 1.82) is 0 Å². The number of amides is 1. The molecule has 0 spiro atoms. The lowest BCUT2D eigenvalue weighted by atomic mass is 10.0. The van der Waals surface area contributed by atoms with Gasteiger partial charge in [-0.2, -0.15) is 0 Å². The van der Waals surface area contributed by atoms with Crippen molar-refractivity contribution >= 4 is 22.5 Å². The van der Waals surface area contributed by atoms with Crippen LogP contribution in [0.2, 0.25) is 0 Å². The first-order valence-corrected chi connectivity index (χ1v) is 9.86. The number of carbonyl (C=O) groups excluding carboxylic acids is 2. The molecule has 3 aromatic carbocycles. The van der Waals surface area contributed by atoms with Crippen molar-refractivity contribution < 1.29 is 19.1 Å². The number of methoxy groups -OCH3 is 2. The Balaban J connectivity index is 1.98. The van der Waals surface area contributed by atoms with E-state index in [0.717, 1.165) is 0 Å². The van der Waals surface area contributed by atoms with Gasteiger partial charge in [0.1, 0.15) is 0 Å². The maximum absolute atomic E-state index is 13.9. The van der Waals surface area contributed by atoms with E-state index in [-0.39, 0.29) is 22.5 Å². The summed E-state index contributed by atoms with van der Waals surface area (Å²) in [6.45, 7) is 0. The molecule has 0 saturated carbocycles. The number of rotatable bonds is 4. The molecule has 1 heterocycles. The summed E-state index contributed by atoms with van der Waals surface area (Å²) in [6, 6.07) is 16.9. The van der Waals surface area contributed by atoms with Crippen LogP contribution < -0.4 is 20.8 Å². The van der Waals surface area contributed by atoms with Crippen molar-refractivity contribution in [1.82, 2.24) is 4.57 Å². The number of primary amides is 1. The highest BCUT2D eigenvalue weighted by Crippen LogP contribution is 2.43. The molecule has 0 saturated heterocycles. The minimum atomic E-state index is -0.570. The lowest BCUT2D eigenvalue weighted by Gasteiger charge is -2.18. The quantitative estimate of drug-likeness (QED) is 0.475. The third-order valence-corrected chi connectivity index (χ3v) is 5.76. The number of pyridine rings is 1. The molecule has 0 fully saturated rings. The average Bonchev–Trinajstić information content (AvgIpc) is 3.11. The van der Waals surface area contributed by atoms with Crippen LogP contribution in [0.1, 0.15) is 26.3 Å². The monoisotopic (exact) mass is 426 g/mol. The Morgan fingerprint density at radius 3 is 2.19 bits per heavy atom. The van der Waals surface area contributed by atoms with Crippen LogP contribution in [0.3, 0.4) is 0 Å². The lowest BCUT2D eigenvalue weighted by Crippen LogP contribution is -2.22. The Labute approximate surface area is 182 Å². The zero-order valence-electron chi connectivity index (χ0n) is 17.3. The Bertz CT molecular complexity index is 1500. The second-order valence-electron chi connectivity index (χ2n) is 7.37. The van der Waals surface area contributed by atoms with Gasteiger partial charge in [0.25, 0.3) is 5.56 Å². The first-order chi connectivity index (χ1) is 15.5. The number of nitrogens with zero attached hydrogens (tertiary/aromatic N) is 1. The van der Waals surface area contributed by atoms with Crippen molar-refractivity contribution in [3.63, 3.8) is 0 Å². The molecule has 7 nitrogen and oxygen atoms in total. The van der Waals surface area contributed by atoms with Gasteiger partial charge in [-0.1, -0.05) is 24.3 Å². The summed E-state index contributed by atoms with van der Waals surface area (Å²) in [5.74, 6) is -0.102. The van der Waals surface area contributed by atoms with E-state index in [0.29, 0.717) is 44.8 Å². The summed E-state index contributed by atoms with van der Waals surface area (Å²) in [5, 5.41) is 0.736. The zero-order valence-corrected chi connectivity index (χ0v) is 17.3. The second-order valence-corrected chi connectivity index (χ2v) is 7.37. The predicted octanol–water partition coefficient (Wildman–Crippen LogP) is 3.32. The van der Waals surface area contributed by atoms with Crippen LogP contribution >= 0.6 is 0 Å². The van der Waals surface area contributed by atoms with Crippen molar-refractivity contribution in [2.75, 3.05) is 14.2 Å². The zero-order chi connectivity index (χ0) is 22.6. The fourth-order valence-electron chi connectivity index (χ4n) is 4.33. The summed E-state index contributed by atoms with van der Waals surface area (Å²) in [7, 11) is 2.94. The van der Waals surface area contributed by atoms with Crippen LogP contribution in [0.25, 0.3) is 27.7 Å². The minimum absolute atomic E-state index is 0.171. The molecular weight excluding hydrogens is 408 g/mol. The highest BCUT2D eigenvalue weighted by Gasteiger charge is 2.34. The first-order valence-electron chi connectivity index (χ1n) is 9.86. The highest BCUT2D eigenvalue weighted by atomic mass is 16.5. The van der Waals surface area contributed by atoms with Crippen molar-refractivity contribution in [2.45, 2.75) is 0 Å². The Kier molecular flexibility index (Phi) is 4.34. The molecule has 1 amide bonds. The van der Waals surface area contributed by atoms with E-state index in [1.54, 1.807) is 48.5 Å². The average molecular weight is 426 g/mol. The Hall–Kier alpha value is -4.39. The number of ketones is 1. The van der Waals surface area contributed by atoms with E-state index in [2.05, 4.69) is 0 Å². The predicted molar refractivity (Wildman–Crippen MR) is 120 cm³/mol. The van der Waals surface area contributed by atoms with Crippen molar-refractivity contribution in [3.8, 4) is 28.4 Å². The Morgan fingerprint density at radius 1 is 0.875 bits per heavy atom. The van der Waals surface area contributed by atoms with Crippen molar-refractivity contribution in [2.24, 2.45) is 5.73 Å². The lowest BCUT2D eigenvalue weighted by molar-refractivity contribution is 0.0998. The number of benzene rings is 3. The molecule has 1 aromatic heterocycles. The number of hydrogen-bond donors (Lipinski definition) is 1. The van der Waals surface area contributed by atoms with Crippen LogP contribution in [-0.4, -0.2) is 30.5 Å². The van der Waals surface area contributed by atoms with Gasteiger partial charge in [-0.15, -0.1) is 0 Å². The molecule has 32 heavy (non-hydrogen) atoms. The summed E-state index contributed by atoms with van der Waals surface area (Å²) in [4.78, 5) is 38.9. The van der Waals surface area contributed by atoms with Crippen LogP contribution in [0.5, 0.6) is 11.5 Å². The van der Waals surface area contributed by atoms with E-state index in [1.807, 2.05) is 12.1 Å². The van der Waals surface area contributed by atoms with Gasteiger partial charge in [-0.3, -0.25) is 19.0 Å². The summed E-state index contributed by atoms with van der Waals surface area (Å²) >= 11 is 0. The smallest absolute Gasteiger partial charge is 0.267 e. The van der Waals surface area contributed by atoms with E-state index in [1.165, 1.54) is 18.8 Å². The standard InChI is InChI=1S/C25H18N2O5/c1-31-18-12-11-17-19-21(15-5-3-4-6-16(15)22(19)28)27(25(30)20(17)23(18)32-2)14-9-7-13(8-10-14)24(26)29/h3-12H,1-2H3,(H2,26,29). The number of nitrogens with two attached hydrogens (primary N) is 1. The van der Waals surface area contributed by atoms with Gasteiger partial charge in [-0.25, -0.2) is 0 Å². The maximum Gasteiger partial charge on any atom is 0.267 e. The molecule has 158 valence electrons.